The molecular weight excluding hydrogens is 284 g/mol. The van der Waals surface area contributed by atoms with Crippen molar-refractivity contribution in [3.63, 3.8) is 0 Å². The molecule has 0 spiro atoms. The van der Waals surface area contributed by atoms with Gasteiger partial charge < -0.3 is 9.30 Å². The van der Waals surface area contributed by atoms with Crippen molar-refractivity contribution in [3.05, 3.63) is 34.1 Å². The van der Waals surface area contributed by atoms with Crippen LogP contribution in [0.2, 0.25) is 0 Å². The molecule has 0 aliphatic heterocycles. The summed E-state index contributed by atoms with van der Waals surface area (Å²) in [7, 11) is 1.73. The van der Waals surface area contributed by atoms with Gasteiger partial charge in [-0.2, -0.15) is 15.0 Å². The molecule has 7 nitrogen and oxygen atoms in total. The van der Waals surface area contributed by atoms with Crippen LogP contribution < -0.4 is 5.43 Å². The molecule has 3 rings (SSSR count). The first kappa shape index (κ1) is 14.2. The molecule has 114 valence electrons. The lowest BCUT2D eigenvalue weighted by molar-refractivity contribution is 0.0524. The second kappa shape index (κ2) is 5.25. The number of hydrogen-bond acceptors (Lipinski definition) is 5. The van der Waals surface area contributed by atoms with Gasteiger partial charge in [0.2, 0.25) is 5.43 Å². The third-order valence-electron chi connectivity index (χ3n) is 3.52. The Labute approximate surface area is 126 Å². The lowest BCUT2D eigenvalue weighted by Crippen LogP contribution is -2.21. The van der Waals surface area contributed by atoms with E-state index in [9.17, 15) is 9.59 Å². The maximum atomic E-state index is 12.6. The molecule has 7 heteroatoms. The van der Waals surface area contributed by atoms with Crippen LogP contribution in [0, 0.1) is 0 Å². The molecule has 0 fully saturated rings. The standard InChI is InChI=1S/C15H16N4O3/c1-4-19-8-10(15(21)22-5-2)14(20)9-6-7-11-12(13(9)19)17-18(3)16-11/h6-8H,4-5H2,1-3H3. The molecule has 0 N–H and O–H groups in total. The number of ether oxygens (including phenoxy) is 1. The molecule has 0 aliphatic rings. The molecule has 1 aromatic carbocycles. The molecule has 3 aromatic rings. The van der Waals surface area contributed by atoms with Gasteiger partial charge in [-0.25, -0.2) is 4.79 Å². The van der Waals surface area contributed by atoms with Gasteiger partial charge in [0.15, 0.2) is 0 Å². The summed E-state index contributed by atoms with van der Waals surface area (Å²) in [6.07, 6.45) is 1.54. The third-order valence-corrected chi connectivity index (χ3v) is 3.52. The first-order valence-electron chi connectivity index (χ1n) is 7.11. The Morgan fingerprint density at radius 1 is 1.27 bits per heavy atom. The molecule has 0 saturated carbocycles. The zero-order chi connectivity index (χ0) is 15.9. The van der Waals surface area contributed by atoms with Crippen molar-refractivity contribution in [2.75, 3.05) is 6.61 Å². The monoisotopic (exact) mass is 300 g/mol. The second-order valence-electron chi connectivity index (χ2n) is 4.90. The van der Waals surface area contributed by atoms with E-state index in [1.54, 1.807) is 26.1 Å². The van der Waals surface area contributed by atoms with Gasteiger partial charge in [-0.15, -0.1) is 0 Å². The number of fused-ring (bicyclic) bond motifs is 3. The van der Waals surface area contributed by atoms with Crippen molar-refractivity contribution in [1.29, 1.82) is 0 Å². The average molecular weight is 300 g/mol. The fourth-order valence-corrected chi connectivity index (χ4v) is 2.57. The van der Waals surface area contributed by atoms with Crippen molar-refractivity contribution in [2.45, 2.75) is 20.4 Å². The molecule has 0 radical (unpaired) electrons. The highest BCUT2D eigenvalue weighted by Gasteiger charge is 2.18. The van der Waals surface area contributed by atoms with Crippen LogP contribution in [0.4, 0.5) is 0 Å². The average Bonchev–Trinajstić information content (AvgIpc) is 2.88. The molecule has 0 saturated heterocycles. The Kier molecular flexibility index (Phi) is 3.40. The van der Waals surface area contributed by atoms with E-state index in [4.69, 9.17) is 4.74 Å². The van der Waals surface area contributed by atoms with Gasteiger partial charge in [0.05, 0.1) is 12.1 Å². The smallest absolute Gasteiger partial charge is 0.343 e. The molecule has 2 aromatic heterocycles. The highest BCUT2D eigenvalue weighted by atomic mass is 16.5. The number of pyridine rings is 1. The number of benzene rings is 1. The normalized spacial score (nSPS) is 11.2. The summed E-state index contributed by atoms with van der Waals surface area (Å²) in [5.41, 5.74) is 1.74. The van der Waals surface area contributed by atoms with Gasteiger partial charge in [0.1, 0.15) is 16.6 Å². The van der Waals surface area contributed by atoms with Crippen LogP contribution in [-0.2, 0) is 18.3 Å². The van der Waals surface area contributed by atoms with Gasteiger partial charge >= 0.3 is 5.97 Å². The van der Waals surface area contributed by atoms with Crippen LogP contribution >= 0.6 is 0 Å². The summed E-state index contributed by atoms with van der Waals surface area (Å²) in [4.78, 5) is 26.0. The number of aromatic nitrogens is 4. The molecule has 0 bridgehead atoms. The Morgan fingerprint density at radius 3 is 2.73 bits per heavy atom. The molecule has 0 amide bonds. The molecule has 22 heavy (non-hydrogen) atoms. The van der Waals surface area contributed by atoms with Crippen molar-refractivity contribution in [3.8, 4) is 0 Å². The van der Waals surface area contributed by atoms with Crippen LogP contribution in [-0.4, -0.2) is 32.1 Å². The lowest BCUT2D eigenvalue weighted by Gasteiger charge is -2.11. The van der Waals surface area contributed by atoms with E-state index in [0.717, 1.165) is 0 Å². The van der Waals surface area contributed by atoms with E-state index in [1.165, 1.54) is 11.0 Å². The van der Waals surface area contributed by atoms with E-state index in [-0.39, 0.29) is 17.6 Å². The van der Waals surface area contributed by atoms with Crippen LogP contribution in [0.25, 0.3) is 21.9 Å². The topological polar surface area (TPSA) is 79.0 Å². The zero-order valence-electron chi connectivity index (χ0n) is 12.7. The fraction of sp³-hybridized carbons (Fsp3) is 0.333. The summed E-state index contributed by atoms with van der Waals surface area (Å²) < 4.78 is 6.80. The van der Waals surface area contributed by atoms with Crippen molar-refractivity contribution in [1.82, 2.24) is 19.6 Å². The largest absolute Gasteiger partial charge is 0.462 e. The van der Waals surface area contributed by atoms with Crippen molar-refractivity contribution in [2.24, 2.45) is 7.05 Å². The van der Waals surface area contributed by atoms with Crippen LogP contribution in [0.15, 0.2) is 23.1 Å². The highest BCUT2D eigenvalue weighted by Crippen LogP contribution is 2.21. The first-order valence-corrected chi connectivity index (χ1v) is 7.11. The summed E-state index contributed by atoms with van der Waals surface area (Å²) in [5, 5.41) is 9.03. The number of aryl methyl sites for hydroxylation is 2. The Hall–Kier alpha value is -2.70. The fourth-order valence-electron chi connectivity index (χ4n) is 2.57. The molecular formula is C15H16N4O3. The minimum Gasteiger partial charge on any atom is -0.462 e. The van der Waals surface area contributed by atoms with Crippen molar-refractivity contribution >= 4 is 27.9 Å². The summed E-state index contributed by atoms with van der Waals surface area (Å²) >= 11 is 0. The van der Waals surface area contributed by atoms with Crippen LogP contribution in [0.5, 0.6) is 0 Å². The molecule has 0 atom stereocenters. The summed E-state index contributed by atoms with van der Waals surface area (Å²) in [6.45, 7) is 4.47. The molecule has 0 aliphatic carbocycles. The van der Waals surface area contributed by atoms with Gasteiger partial charge in [-0.3, -0.25) is 4.79 Å². The predicted molar refractivity (Wildman–Crippen MR) is 81.9 cm³/mol. The van der Waals surface area contributed by atoms with E-state index >= 15 is 0 Å². The maximum Gasteiger partial charge on any atom is 0.343 e. The van der Waals surface area contributed by atoms with Gasteiger partial charge in [-0.1, -0.05) is 0 Å². The Morgan fingerprint density at radius 2 is 2.05 bits per heavy atom. The number of hydrogen-bond donors (Lipinski definition) is 0. The molecule has 0 unspecified atom stereocenters. The van der Waals surface area contributed by atoms with Gasteiger partial charge in [0.25, 0.3) is 0 Å². The number of carbonyl (C=O) groups is 1. The minimum atomic E-state index is -0.601. The number of nitrogens with zero attached hydrogens (tertiary/aromatic N) is 4. The number of carbonyl (C=O) groups excluding carboxylic acids is 1. The summed E-state index contributed by atoms with van der Waals surface area (Å²) in [5.74, 6) is -0.601. The van der Waals surface area contributed by atoms with E-state index in [1.807, 2.05) is 11.5 Å². The second-order valence-corrected chi connectivity index (χ2v) is 4.90. The Bertz CT molecular complexity index is 939. The molecule has 2 heterocycles. The van der Waals surface area contributed by atoms with E-state index in [2.05, 4.69) is 10.2 Å². The number of rotatable bonds is 3. The first-order chi connectivity index (χ1) is 10.6. The lowest BCUT2D eigenvalue weighted by atomic mass is 10.1. The van der Waals surface area contributed by atoms with Crippen LogP contribution in [0.3, 0.4) is 0 Å². The van der Waals surface area contributed by atoms with Crippen LogP contribution in [0.1, 0.15) is 24.2 Å². The van der Waals surface area contributed by atoms with Gasteiger partial charge in [0, 0.05) is 25.2 Å². The van der Waals surface area contributed by atoms with E-state index < -0.39 is 5.97 Å². The third kappa shape index (κ3) is 2.05. The van der Waals surface area contributed by atoms with E-state index in [0.29, 0.717) is 28.5 Å². The minimum absolute atomic E-state index is 0.0411. The summed E-state index contributed by atoms with van der Waals surface area (Å²) in [6, 6.07) is 3.42. The SMILES string of the molecule is CCOC(=O)c1cn(CC)c2c(ccc3nn(C)nc32)c1=O. The zero-order valence-corrected chi connectivity index (χ0v) is 12.7. The van der Waals surface area contributed by atoms with Gasteiger partial charge in [-0.05, 0) is 26.0 Å². The quantitative estimate of drug-likeness (QED) is 0.685. The number of esters is 1. The maximum absolute atomic E-state index is 12.6. The highest BCUT2D eigenvalue weighted by molar-refractivity contribution is 6.03. The van der Waals surface area contributed by atoms with Crippen molar-refractivity contribution < 1.29 is 9.53 Å². The predicted octanol–water partition coefficient (Wildman–Crippen LogP) is 1.48. The Balaban J connectivity index is 2.42.